The van der Waals surface area contributed by atoms with Crippen LogP contribution in [0.3, 0.4) is 0 Å². The van der Waals surface area contributed by atoms with Crippen molar-refractivity contribution >= 4 is 35.6 Å². The lowest BCUT2D eigenvalue weighted by atomic mass is 9.89. The second-order valence-electron chi connectivity index (χ2n) is 4.29. The summed E-state index contributed by atoms with van der Waals surface area (Å²) in [6.45, 7) is 0. The Bertz CT molecular complexity index is 334. The topological polar surface area (TPSA) is 69.6 Å². The highest BCUT2D eigenvalue weighted by atomic mass is 35.5. The Kier molecular flexibility index (Phi) is 6.46. The molecule has 102 valence electrons. The van der Waals surface area contributed by atoms with E-state index in [4.69, 9.17) is 28.7 Å². The average Bonchev–Trinajstić information content (AvgIpc) is 2.28. The van der Waals surface area contributed by atoms with Gasteiger partial charge in [-0.3, -0.25) is 10.1 Å². The Morgan fingerprint density at radius 1 is 1.33 bits per heavy atom. The largest absolute Gasteiger partial charge is 0.465 e. The second-order valence-corrected chi connectivity index (χ2v) is 5.20. The lowest BCUT2D eigenvalue weighted by Crippen LogP contribution is -2.28. The van der Waals surface area contributed by atoms with Gasteiger partial charge in [0.25, 0.3) is 0 Å². The Hall–Kier alpha value is -0.780. The summed E-state index contributed by atoms with van der Waals surface area (Å²) in [5.74, 6) is -0.0416. The van der Waals surface area contributed by atoms with Crippen molar-refractivity contribution in [3.05, 3.63) is 12.2 Å². The van der Waals surface area contributed by atoms with Crippen LogP contribution in [0, 0.1) is 5.92 Å². The number of rotatable bonds is 5. The first kappa shape index (κ1) is 15.3. The number of carbonyl (C=O) groups excluding carboxylic acids is 1. The smallest absolute Gasteiger partial charge is 0.411 e. The first-order valence-corrected chi connectivity index (χ1v) is 6.48. The number of halogens is 2. The van der Waals surface area contributed by atoms with Gasteiger partial charge in [0.05, 0.1) is 6.04 Å². The third-order valence-electron chi connectivity index (χ3n) is 2.91. The molecule has 2 atom stereocenters. The van der Waals surface area contributed by atoms with Crippen LogP contribution in [0.1, 0.15) is 32.1 Å². The summed E-state index contributed by atoms with van der Waals surface area (Å²) < 4.78 is 1.15. The van der Waals surface area contributed by atoms with Gasteiger partial charge in [-0.1, -0.05) is 12.2 Å². The molecule has 0 radical (unpaired) electrons. The van der Waals surface area contributed by atoms with E-state index in [1.54, 1.807) is 0 Å². The molecule has 1 aliphatic carbocycles. The van der Waals surface area contributed by atoms with E-state index in [1.807, 2.05) is 11.4 Å². The van der Waals surface area contributed by atoms with Crippen LogP contribution in [-0.4, -0.2) is 27.1 Å². The SMILES string of the molecule is O=C(O)NC(=O)CCCC1C=CC(N(Cl)Cl)CC1. The van der Waals surface area contributed by atoms with Crippen molar-refractivity contribution in [1.29, 1.82) is 0 Å². The molecule has 2 unspecified atom stereocenters. The van der Waals surface area contributed by atoms with E-state index >= 15 is 0 Å². The number of carboxylic acid groups (broad SMARTS) is 1. The Labute approximate surface area is 116 Å². The van der Waals surface area contributed by atoms with Crippen molar-refractivity contribution in [2.75, 3.05) is 0 Å². The molecule has 0 fully saturated rings. The van der Waals surface area contributed by atoms with Crippen molar-refractivity contribution in [3.8, 4) is 0 Å². The van der Waals surface area contributed by atoms with Crippen molar-refractivity contribution in [2.45, 2.75) is 38.1 Å². The standard InChI is InChI=1S/C11H16Cl2N2O3/c12-15(13)9-6-4-8(5-7-9)2-1-3-10(16)14-11(17)18/h4,6,8-9H,1-3,5,7H2,(H,14,16)(H,17,18). The average molecular weight is 295 g/mol. The number of allylic oxidation sites excluding steroid dienone is 1. The second kappa shape index (κ2) is 7.61. The van der Waals surface area contributed by atoms with E-state index in [0.29, 0.717) is 12.3 Å². The molecule has 18 heavy (non-hydrogen) atoms. The van der Waals surface area contributed by atoms with Gasteiger partial charge in [0.15, 0.2) is 0 Å². The fourth-order valence-corrected chi connectivity index (χ4v) is 2.30. The molecule has 0 aromatic carbocycles. The predicted molar refractivity (Wildman–Crippen MR) is 69.2 cm³/mol. The third kappa shape index (κ3) is 5.71. The van der Waals surface area contributed by atoms with Gasteiger partial charge >= 0.3 is 6.09 Å². The fourth-order valence-electron chi connectivity index (χ4n) is 1.97. The van der Waals surface area contributed by atoms with E-state index in [-0.39, 0.29) is 12.5 Å². The van der Waals surface area contributed by atoms with E-state index in [9.17, 15) is 9.59 Å². The van der Waals surface area contributed by atoms with Gasteiger partial charge in [-0.15, -0.1) is 3.94 Å². The van der Waals surface area contributed by atoms with E-state index in [1.165, 1.54) is 0 Å². The summed E-state index contributed by atoms with van der Waals surface area (Å²) in [7, 11) is 0. The van der Waals surface area contributed by atoms with Gasteiger partial charge in [0, 0.05) is 6.42 Å². The third-order valence-corrected chi connectivity index (χ3v) is 3.42. The van der Waals surface area contributed by atoms with Gasteiger partial charge in [-0.2, -0.15) is 0 Å². The quantitative estimate of drug-likeness (QED) is 0.604. The monoisotopic (exact) mass is 294 g/mol. The highest BCUT2D eigenvalue weighted by Gasteiger charge is 2.19. The summed E-state index contributed by atoms with van der Waals surface area (Å²) in [4.78, 5) is 21.3. The number of hydrogen-bond donors (Lipinski definition) is 2. The summed E-state index contributed by atoms with van der Waals surface area (Å²) in [6.07, 6.45) is 6.34. The molecule has 0 spiro atoms. The molecule has 0 aromatic heterocycles. The zero-order chi connectivity index (χ0) is 13.5. The molecule has 5 nitrogen and oxygen atoms in total. The number of carbonyl (C=O) groups is 2. The molecule has 2 amide bonds. The summed E-state index contributed by atoms with van der Waals surface area (Å²) in [5, 5.41) is 10.2. The Morgan fingerprint density at radius 3 is 2.56 bits per heavy atom. The van der Waals surface area contributed by atoms with Gasteiger partial charge in [0.1, 0.15) is 0 Å². The maximum Gasteiger partial charge on any atom is 0.411 e. The van der Waals surface area contributed by atoms with Gasteiger partial charge < -0.3 is 5.11 Å². The van der Waals surface area contributed by atoms with Gasteiger partial charge in [-0.25, -0.2) is 4.79 Å². The first-order chi connectivity index (χ1) is 8.49. The number of imide groups is 1. The molecule has 1 aliphatic rings. The van der Waals surface area contributed by atoms with E-state index in [0.717, 1.165) is 23.2 Å². The predicted octanol–water partition coefficient (Wildman–Crippen LogP) is 2.90. The van der Waals surface area contributed by atoms with Crippen molar-refractivity contribution in [3.63, 3.8) is 0 Å². The fraction of sp³-hybridized carbons (Fsp3) is 0.636. The molecule has 0 aliphatic heterocycles. The Morgan fingerprint density at radius 2 is 2.06 bits per heavy atom. The maximum atomic E-state index is 11.1. The number of nitrogens with one attached hydrogen (secondary N) is 1. The zero-order valence-electron chi connectivity index (χ0n) is 9.81. The molecule has 1 rings (SSSR count). The Balaban J connectivity index is 2.20. The number of nitrogens with zero attached hydrogens (tertiary/aromatic N) is 1. The highest BCUT2D eigenvalue weighted by Crippen LogP contribution is 2.26. The van der Waals surface area contributed by atoms with Gasteiger partial charge in [0.2, 0.25) is 5.91 Å². The lowest BCUT2D eigenvalue weighted by Gasteiger charge is -2.24. The minimum atomic E-state index is -1.30. The normalized spacial score (nSPS) is 23.1. The van der Waals surface area contributed by atoms with Crippen LogP contribution in [-0.2, 0) is 4.79 Å². The van der Waals surface area contributed by atoms with Crippen molar-refractivity contribution in [2.24, 2.45) is 5.92 Å². The summed E-state index contributed by atoms with van der Waals surface area (Å²) >= 11 is 11.3. The van der Waals surface area contributed by atoms with Crippen molar-refractivity contribution < 1.29 is 14.7 Å². The van der Waals surface area contributed by atoms with Crippen LogP contribution in [0.15, 0.2) is 12.2 Å². The number of hydrogen-bond acceptors (Lipinski definition) is 3. The molecule has 0 saturated carbocycles. The van der Waals surface area contributed by atoms with Crippen LogP contribution in [0.4, 0.5) is 4.79 Å². The minimum Gasteiger partial charge on any atom is -0.465 e. The molecule has 0 heterocycles. The lowest BCUT2D eigenvalue weighted by molar-refractivity contribution is -0.120. The molecule has 0 bridgehead atoms. The van der Waals surface area contributed by atoms with Crippen molar-refractivity contribution in [1.82, 2.24) is 9.25 Å². The van der Waals surface area contributed by atoms with Crippen LogP contribution in [0.25, 0.3) is 0 Å². The van der Waals surface area contributed by atoms with Crippen LogP contribution < -0.4 is 5.32 Å². The molecule has 0 saturated heterocycles. The highest BCUT2D eigenvalue weighted by molar-refractivity contribution is 6.34. The molecule has 2 N–H and O–H groups in total. The summed E-state index contributed by atoms with van der Waals surface area (Å²) in [6, 6.07) is 0.0555. The van der Waals surface area contributed by atoms with Crippen LogP contribution in [0.5, 0.6) is 0 Å². The number of amides is 2. The van der Waals surface area contributed by atoms with Crippen LogP contribution in [0.2, 0.25) is 0 Å². The summed E-state index contributed by atoms with van der Waals surface area (Å²) in [5.41, 5.74) is 0. The first-order valence-electron chi connectivity index (χ1n) is 5.81. The van der Waals surface area contributed by atoms with Crippen LogP contribution >= 0.6 is 23.6 Å². The van der Waals surface area contributed by atoms with E-state index < -0.39 is 12.0 Å². The maximum absolute atomic E-state index is 11.1. The molecular formula is C11H16Cl2N2O3. The zero-order valence-corrected chi connectivity index (χ0v) is 11.3. The molecule has 0 aromatic rings. The minimum absolute atomic E-state index is 0.0555. The molecule has 7 heteroatoms. The molecular weight excluding hydrogens is 279 g/mol. The van der Waals surface area contributed by atoms with Gasteiger partial charge in [-0.05, 0) is 55.2 Å². The van der Waals surface area contributed by atoms with E-state index in [2.05, 4.69) is 6.08 Å².